The minimum absolute atomic E-state index is 0.167. The first kappa shape index (κ1) is 24.9. The van der Waals surface area contributed by atoms with E-state index in [-0.39, 0.29) is 11.2 Å². The fourth-order valence-electron chi connectivity index (χ4n) is 4.97. The molecular weight excluding hydrogens is 492 g/mol. The van der Waals surface area contributed by atoms with Crippen molar-refractivity contribution in [1.29, 1.82) is 0 Å². The number of para-hydroxylation sites is 3. The SMILES string of the molecule is COc1cccc(-c2oc3ccccc3c(=O)c2OCCCN2CCN(c3cnc4ccccc4n3)CC2)c1. The minimum Gasteiger partial charge on any atom is -0.497 e. The number of rotatable bonds is 8. The molecule has 0 aliphatic carbocycles. The zero-order chi connectivity index (χ0) is 26.6. The molecule has 6 rings (SSSR count). The molecule has 0 saturated carbocycles. The molecule has 8 nitrogen and oxygen atoms in total. The van der Waals surface area contributed by atoms with Crippen molar-refractivity contribution in [3.63, 3.8) is 0 Å². The Labute approximate surface area is 226 Å². The normalized spacial score (nSPS) is 14.1. The Balaban J connectivity index is 1.10. The molecule has 39 heavy (non-hydrogen) atoms. The summed E-state index contributed by atoms with van der Waals surface area (Å²) in [6.45, 7) is 4.94. The Morgan fingerprint density at radius 3 is 2.56 bits per heavy atom. The van der Waals surface area contributed by atoms with E-state index in [0.29, 0.717) is 29.1 Å². The van der Waals surface area contributed by atoms with Gasteiger partial charge in [0.25, 0.3) is 0 Å². The number of nitrogens with zero attached hydrogens (tertiary/aromatic N) is 4. The number of methoxy groups -OCH3 is 1. The number of benzene rings is 3. The molecule has 198 valence electrons. The van der Waals surface area contributed by atoms with Crippen molar-refractivity contribution in [2.24, 2.45) is 0 Å². The number of piperazine rings is 1. The molecule has 0 amide bonds. The molecule has 1 fully saturated rings. The molecule has 0 spiro atoms. The van der Waals surface area contributed by atoms with Gasteiger partial charge in [0.05, 0.1) is 36.3 Å². The summed E-state index contributed by atoms with van der Waals surface area (Å²) in [5.41, 5.74) is 2.93. The van der Waals surface area contributed by atoms with Crippen LogP contribution in [-0.2, 0) is 0 Å². The highest BCUT2D eigenvalue weighted by atomic mass is 16.5. The van der Waals surface area contributed by atoms with Gasteiger partial charge in [-0.05, 0) is 42.8 Å². The van der Waals surface area contributed by atoms with Crippen molar-refractivity contribution in [1.82, 2.24) is 14.9 Å². The van der Waals surface area contributed by atoms with E-state index >= 15 is 0 Å². The lowest BCUT2D eigenvalue weighted by molar-refractivity contribution is 0.223. The van der Waals surface area contributed by atoms with Gasteiger partial charge in [0.1, 0.15) is 17.2 Å². The van der Waals surface area contributed by atoms with E-state index in [1.807, 2.05) is 66.9 Å². The number of hydrogen-bond acceptors (Lipinski definition) is 8. The highest BCUT2D eigenvalue weighted by Gasteiger charge is 2.20. The van der Waals surface area contributed by atoms with Gasteiger partial charge in [0.2, 0.25) is 11.2 Å². The van der Waals surface area contributed by atoms with Gasteiger partial charge < -0.3 is 18.8 Å². The third-order valence-corrected chi connectivity index (χ3v) is 7.09. The summed E-state index contributed by atoms with van der Waals surface area (Å²) < 4.78 is 17.7. The van der Waals surface area contributed by atoms with Gasteiger partial charge in [-0.25, -0.2) is 4.98 Å². The number of aromatic nitrogens is 2. The van der Waals surface area contributed by atoms with Gasteiger partial charge in [0.15, 0.2) is 5.76 Å². The van der Waals surface area contributed by atoms with Crippen LogP contribution in [0.1, 0.15) is 6.42 Å². The third kappa shape index (κ3) is 5.28. The third-order valence-electron chi connectivity index (χ3n) is 7.09. The average Bonchev–Trinajstić information content (AvgIpc) is 3.00. The molecule has 0 unspecified atom stereocenters. The van der Waals surface area contributed by atoms with Crippen molar-refractivity contribution in [3.05, 3.63) is 89.2 Å². The first-order valence-electron chi connectivity index (χ1n) is 13.2. The van der Waals surface area contributed by atoms with Gasteiger partial charge in [-0.2, -0.15) is 0 Å². The topological polar surface area (TPSA) is 80.9 Å². The zero-order valence-corrected chi connectivity index (χ0v) is 21.9. The van der Waals surface area contributed by atoms with Crippen molar-refractivity contribution in [2.75, 3.05) is 51.3 Å². The van der Waals surface area contributed by atoms with Crippen LogP contribution in [0.3, 0.4) is 0 Å². The van der Waals surface area contributed by atoms with Gasteiger partial charge in [-0.3, -0.25) is 14.7 Å². The van der Waals surface area contributed by atoms with Crippen LogP contribution in [0, 0.1) is 0 Å². The highest BCUT2D eigenvalue weighted by molar-refractivity contribution is 5.82. The second kappa shape index (κ2) is 11.1. The van der Waals surface area contributed by atoms with Crippen LogP contribution in [0.2, 0.25) is 0 Å². The standard InChI is InChI=1S/C31H30N4O4/c1-37-23-9-6-8-22(20-23)30-31(29(36)24-10-2-5-13-27(24)39-30)38-19-7-14-34-15-17-35(18-16-34)28-21-32-25-11-3-4-12-26(25)33-28/h2-6,8-13,20-21H,7,14-19H2,1H3. The lowest BCUT2D eigenvalue weighted by Crippen LogP contribution is -2.47. The Bertz CT molecular complexity index is 1660. The van der Waals surface area contributed by atoms with Crippen LogP contribution in [-0.4, -0.2) is 61.3 Å². The zero-order valence-electron chi connectivity index (χ0n) is 21.9. The summed E-state index contributed by atoms with van der Waals surface area (Å²) in [6.07, 6.45) is 2.65. The summed E-state index contributed by atoms with van der Waals surface area (Å²) >= 11 is 0. The summed E-state index contributed by atoms with van der Waals surface area (Å²) in [5, 5.41) is 0.507. The minimum atomic E-state index is -0.167. The molecule has 1 saturated heterocycles. The molecule has 0 atom stereocenters. The van der Waals surface area contributed by atoms with Crippen LogP contribution in [0.25, 0.3) is 33.3 Å². The van der Waals surface area contributed by atoms with Crippen molar-refractivity contribution in [3.8, 4) is 22.8 Å². The van der Waals surface area contributed by atoms with Crippen LogP contribution < -0.4 is 19.8 Å². The van der Waals surface area contributed by atoms with E-state index in [1.165, 1.54) is 0 Å². The Morgan fingerprint density at radius 2 is 1.72 bits per heavy atom. The first-order valence-corrected chi connectivity index (χ1v) is 13.2. The summed E-state index contributed by atoms with van der Waals surface area (Å²) in [4.78, 5) is 27.4. The second-order valence-corrected chi connectivity index (χ2v) is 9.57. The molecule has 3 aromatic carbocycles. The molecule has 1 aliphatic rings. The first-order chi connectivity index (χ1) is 19.2. The van der Waals surface area contributed by atoms with Crippen LogP contribution in [0.5, 0.6) is 11.5 Å². The van der Waals surface area contributed by atoms with Gasteiger partial charge in [-0.1, -0.05) is 36.4 Å². The number of anilines is 1. The molecule has 0 N–H and O–H groups in total. The fraction of sp³-hybridized carbons (Fsp3) is 0.258. The number of fused-ring (bicyclic) bond motifs is 2. The van der Waals surface area contributed by atoms with E-state index in [9.17, 15) is 4.79 Å². The lowest BCUT2D eigenvalue weighted by Gasteiger charge is -2.35. The maximum Gasteiger partial charge on any atom is 0.235 e. The molecule has 5 aromatic rings. The van der Waals surface area contributed by atoms with Gasteiger partial charge in [-0.15, -0.1) is 0 Å². The van der Waals surface area contributed by atoms with Crippen molar-refractivity contribution in [2.45, 2.75) is 6.42 Å². The van der Waals surface area contributed by atoms with Gasteiger partial charge >= 0.3 is 0 Å². The van der Waals surface area contributed by atoms with E-state index in [2.05, 4.69) is 14.8 Å². The molecule has 0 radical (unpaired) electrons. The molecular formula is C31H30N4O4. The molecule has 3 heterocycles. The van der Waals surface area contributed by atoms with E-state index in [1.54, 1.807) is 19.2 Å². The van der Waals surface area contributed by atoms with Crippen molar-refractivity contribution < 1.29 is 13.9 Å². The second-order valence-electron chi connectivity index (χ2n) is 9.57. The van der Waals surface area contributed by atoms with Crippen LogP contribution in [0.15, 0.2) is 88.2 Å². The predicted molar refractivity (Wildman–Crippen MR) is 153 cm³/mol. The largest absolute Gasteiger partial charge is 0.497 e. The monoisotopic (exact) mass is 522 g/mol. The fourth-order valence-corrected chi connectivity index (χ4v) is 4.97. The van der Waals surface area contributed by atoms with E-state index < -0.39 is 0 Å². The molecule has 1 aliphatic heterocycles. The van der Waals surface area contributed by atoms with Crippen molar-refractivity contribution >= 4 is 27.8 Å². The molecule has 0 bridgehead atoms. The number of ether oxygens (including phenoxy) is 2. The Hall–Kier alpha value is -4.43. The summed E-state index contributed by atoms with van der Waals surface area (Å²) in [6, 6.07) is 22.7. The Kier molecular flexibility index (Phi) is 7.10. The summed E-state index contributed by atoms with van der Waals surface area (Å²) in [7, 11) is 1.61. The van der Waals surface area contributed by atoms with E-state index in [4.69, 9.17) is 18.9 Å². The highest BCUT2D eigenvalue weighted by Crippen LogP contribution is 2.32. The molecule has 8 heteroatoms. The van der Waals surface area contributed by atoms with Gasteiger partial charge in [0, 0.05) is 38.3 Å². The smallest absolute Gasteiger partial charge is 0.235 e. The number of hydrogen-bond donors (Lipinski definition) is 0. The summed E-state index contributed by atoms with van der Waals surface area (Å²) in [5.74, 6) is 2.26. The van der Waals surface area contributed by atoms with Crippen LogP contribution >= 0.6 is 0 Å². The van der Waals surface area contributed by atoms with E-state index in [0.717, 1.165) is 61.6 Å². The molecule has 2 aromatic heterocycles. The van der Waals surface area contributed by atoms with Crippen LogP contribution in [0.4, 0.5) is 5.82 Å². The predicted octanol–water partition coefficient (Wildman–Crippen LogP) is 5.00. The maximum atomic E-state index is 13.4. The Morgan fingerprint density at radius 1 is 0.923 bits per heavy atom. The maximum absolute atomic E-state index is 13.4. The quantitative estimate of drug-likeness (QED) is 0.263. The average molecular weight is 523 g/mol. The lowest BCUT2D eigenvalue weighted by atomic mass is 10.1.